The van der Waals surface area contributed by atoms with Gasteiger partial charge >= 0.3 is 11.9 Å². The zero-order chi connectivity index (χ0) is 25.0. The lowest BCUT2D eigenvalue weighted by Gasteiger charge is -2.06. The Morgan fingerprint density at radius 2 is 0.794 bits per heavy atom. The van der Waals surface area contributed by atoms with E-state index in [2.05, 4.69) is 38.2 Å². The second-order valence-corrected chi connectivity index (χ2v) is 9.28. The third-order valence-corrected chi connectivity index (χ3v) is 5.87. The predicted molar refractivity (Wildman–Crippen MR) is 144 cm³/mol. The Balaban J connectivity index is 3.36. The van der Waals surface area contributed by atoms with Gasteiger partial charge in [-0.05, 0) is 51.4 Å². The number of esters is 2. The topological polar surface area (TPSA) is 52.6 Å². The lowest BCUT2D eigenvalue weighted by molar-refractivity contribution is -0.150. The summed E-state index contributed by atoms with van der Waals surface area (Å²) in [6.45, 7) is 5.36. The van der Waals surface area contributed by atoms with Crippen molar-refractivity contribution in [2.24, 2.45) is 0 Å². The van der Waals surface area contributed by atoms with E-state index in [0.717, 1.165) is 25.7 Å². The highest BCUT2D eigenvalue weighted by Crippen LogP contribution is 2.09. The molecule has 0 aromatic carbocycles. The third-order valence-electron chi connectivity index (χ3n) is 5.87. The number of hydrogen-bond acceptors (Lipinski definition) is 4. The predicted octanol–water partition coefficient (Wildman–Crippen LogP) is 9.03. The first-order valence-corrected chi connectivity index (χ1v) is 14.3. The van der Waals surface area contributed by atoms with Crippen LogP contribution in [0.4, 0.5) is 0 Å². The van der Waals surface area contributed by atoms with Crippen molar-refractivity contribution >= 4 is 11.9 Å². The molecule has 0 fully saturated rings. The second-order valence-electron chi connectivity index (χ2n) is 9.28. The largest absolute Gasteiger partial charge is 0.466 e. The summed E-state index contributed by atoms with van der Waals surface area (Å²) in [7, 11) is 0. The van der Waals surface area contributed by atoms with E-state index < -0.39 is 0 Å². The molecule has 0 saturated carbocycles. The van der Waals surface area contributed by atoms with Gasteiger partial charge in [0.2, 0.25) is 0 Å². The number of rotatable bonds is 25. The van der Waals surface area contributed by atoms with E-state index in [9.17, 15) is 9.59 Å². The van der Waals surface area contributed by atoms with Gasteiger partial charge in [-0.25, -0.2) is 0 Å². The van der Waals surface area contributed by atoms with Crippen LogP contribution in [0.15, 0.2) is 24.3 Å². The summed E-state index contributed by atoms with van der Waals surface area (Å²) in [5.41, 5.74) is 0. The zero-order valence-corrected chi connectivity index (χ0v) is 22.5. The maximum absolute atomic E-state index is 11.8. The Bertz CT molecular complexity index is 464. The minimum Gasteiger partial charge on any atom is -0.466 e. The molecule has 0 N–H and O–H groups in total. The third kappa shape index (κ3) is 26.7. The molecule has 0 aromatic rings. The molecule has 0 aliphatic rings. The van der Waals surface area contributed by atoms with E-state index >= 15 is 0 Å². The van der Waals surface area contributed by atoms with E-state index in [1.165, 1.54) is 89.9 Å². The van der Waals surface area contributed by atoms with Crippen LogP contribution in [0.3, 0.4) is 0 Å². The smallest absolute Gasteiger partial charge is 0.306 e. The monoisotopic (exact) mass is 478 g/mol. The van der Waals surface area contributed by atoms with Crippen molar-refractivity contribution in [3.8, 4) is 0 Å². The fraction of sp³-hybridized carbons (Fsp3) is 0.800. The second kappa shape index (κ2) is 27.7. The summed E-state index contributed by atoms with van der Waals surface area (Å²) in [6.07, 6.45) is 30.6. The maximum Gasteiger partial charge on any atom is 0.306 e. The van der Waals surface area contributed by atoms with Crippen molar-refractivity contribution in [2.75, 3.05) is 13.2 Å². The minimum atomic E-state index is -0.294. The molecule has 34 heavy (non-hydrogen) atoms. The Morgan fingerprint density at radius 3 is 1.18 bits per heavy atom. The van der Waals surface area contributed by atoms with Crippen molar-refractivity contribution in [1.82, 2.24) is 0 Å². The normalized spacial score (nSPS) is 11.5. The van der Waals surface area contributed by atoms with Crippen LogP contribution in [0.25, 0.3) is 0 Å². The maximum atomic E-state index is 11.8. The Hall–Kier alpha value is -1.58. The molecule has 0 spiro atoms. The summed E-state index contributed by atoms with van der Waals surface area (Å²) < 4.78 is 10.5. The van der Waals surface area contributed by atoms with Crippen molar-refractivity contribution in [1.29, 1.82) is 0 Å². The zero-order valence-electron chi connectivity index (χ0n) is 22.5. The molecule has 0 aromatic heterocycles. The highest BCUT2D eigenvalue weighted by atomic mass is 16.5. The van der Waals surface area contributed by atoms with Gasteiger partial charge in [0, 0.05) is 0 Å². The molecule has 198 valence electrons. The molecule has 0 atom stereocenters. The van der Waals surface area contributed by atoms with Crippen LogP contribution in [-0.4, -0.2) is 25.2 Å². The van der Waals surface area contributed by atoms with Gasteiger partial charge in [0.15, 0.2) is 0 Å². The van der Waals surface area contributed by atoms with Gasteiger partial charge in [0.25, 0.3) is 0 Å². The van der Waals surface area contributed by atoms with Gasteiger partial charge < -0.3 is 9.47 Å². The summed E-state index contributed by atoms with van der Waals surface area (Å²) in [5.74, 6) is -0.587. The van der Waals surface area contributed by atoms with Gasteiger partial charge in [0.05, 0.1) is 26.1 Å². The first kappa shape index (κ1) is 32.4. The number of carbonyl (C=O) groups is 2. The fourth-order valence-corrected chi connectivity index (χ4v) is 3.62. The molecule has 0 unspecified atom stereocenters. The van der Waals surface area contributed by atoms with E-state index in [1.54, 1.807) is 0 Å². The highest BCUT2D eigenvalue weighted by molar-refractivity contribution is 5.77. The highest BCUT2D eigenvalue weighted by Gasteiger charge is 2.09. The SMILES string of the molecule is CCCC/C=C/CCCCCCCOC(=O)CCC(=O)OCCCCCCC/C=C/CCCC. The fourth-order valence-electron chi connectivity index (χ4n) is 3.62. The Kier molecular flexibility index (Phi) is 26.4. The van der Waals surface area contributed by atoms with Crippen LogP contribution in [0.2, 0.25) is 0 Å². The molecule has 0 bridgehead atoms. The van der Waals surface area contributed by atoms with Crippen LogP contribution in [-0.2, 0) is 19.1 Å². The quantitative estimate of drug-likeness (QED) is 0.0746. The van der Waals surface area contributed by atoms with E-state index in [-0.39, 0.29) is 24.8 Å². The van der Waals surface area contributed by atoms with Crippen molar-refractivity contribution in [2.45, 2.75) is 142 Å². The van der Waals surface area contributed by atoms with Gasteiger partial charge in [-0.1, -0.05) is 102 Å². The first-order chi connectivity index (χ1) is 16.7. The summed E-state index contributed by atoms with van der Waals surface area (Å²) in [5, 5.41) is 0. The molecule has 0 amide bonds. The molecule has 0 heterocycles. The Labute approximate surface area is 210 Å². The number of hydrogen-bond donors (Lipinski definition) is 0. The van der Waals surface area contributed by atoms with Crippen LogP contribution in [0, 0.1) is 0 Å². The summed E-state index contributed by atoms with van der Waals surface area (Å²) in [4.78, 5) is 23.5. The lowest BCUT2D eigenvalue weighted by atomic mass is 10.1. The van der Waals surface area contributed by atoms with E-state index in [0.29, 0.717) is 13.2 Å². The van der Waals surface area contributed by atoms with Crippen LogP contribution in [0.1, 0.15) is 142 Å². The van der Waals surface area contributed by atoms with Crippen LogP contribution < -0.4 is 0 Å². The molecule has 0 aliphatic carbocycles. The standard InChI is InChI=1S/C30H54O4/c1-3-5-7-9-11-13-15-17-19-21-23-27-33-29(31)25-26-30(32)34-28-24-22-20-18-16-14-12-10-8-6-4-2/h9-12H,3-8,13-28H2,1-2H3/b11-9+,12-10+. The van der Waals surface area contributed by atoms with Crippen LogP contribution in [0.5, 0.6) is 0 Å². The van der Waals surface area contributed by atoms with Gasteiger partial charge in [-0.15, -0.1) is 0 Å². The summed E-state index contributed by atoms with van der Waals surface area (Å²) in [6, 6.07) is 0. The molecular weight excluding hydrogens is 424 g/mol. The number of unbranched alkanes of at least 4 members (excludes halogenated alkanes) is 14. The van der Waals surface area contributed by atoms with Crippen molar-refractivity contribution in [3.05, 3.63) is 24.3 Å². The molecule has 4 heteroatoms. The molecule has 4 nitrogen and oxygen atoms in total. The molecular formula is C30H54O4. The van der Waals surface area contributed by atoms with E-state index in [4.69, 9.17) is 9.47 Å². The van der Waals surface area contributed by atoms with Gasteiger partial charge in [0.1, 0.15) is 0 Å². The summed E-state index contributed by atoms with van der Waals surface area (Å²) >= 11 is 0. The van der Waals surface area contributed by atoms with Crippen LogP contribution >= 0.6 is 0 Å². The van der Waals surface area contributed by atoms with Crippen molar-refractivity contribution < 1.29 is 19.1 Å². The molecule has 0 radical (unpaired) electrons. The Morgan fingerprint density at radius 1 is 0.471 bits per heavy atom. The first-order valence-electron chi connectivity index (χ1n) is 14.3. The lowest BCUT2D eigenvalue weighted by Crippen LogP contribution is -2.11. The number of carbonyl (C=O) groups excluding carboxylic acids is 2. The number of ether oxygens (including phenoxy) is 2. The molecule has 0 aliphatic heterocycles. The number of allylic oxidation sites excluding steroid dienone is 4. The van der Waals surface area contributed by atoms with Crippen molar-refractivity contribution in [3.63, 3.8) is 0 Å². The molecule has 0 saturated heterocycles. The van der Waals surface area contributed by atoms with Gasteiger partial charge in [-0.3, -0.25) is 9.59 Å². The minimum absolute atomic E-state index is 0.120. The van der Waals surface area contributed by atoms with Gasteiger partial charge in [-0.2, -0.15) is 0 Å². The molecule has 0 rings (SSSR count). The average Bonchev–Trinajstić information content (AvgIpc) is 2.84. The average molecular weight is 479 g/mol. The van der Waals surface area contributed by atoms with E-state index in [1.807, 2.05) is 0 Å².